The van der Waals surface area contributed by atoms with E-state index in [2.05, 4.69) is 29.5 Å². The fourth-order valence-corrected chi connectivity index (χ4v) is 5.13. The first-order valence-electron chi connectivity index (χ1n) is 11.1. The number of ether oxygens (including phenoxy) is 1. The molecule has 1 saturated heterocycles. The number of nitrogens with one attached hydrogen (secondary N) is 2. The third-order valence-corrected chi connectivity index (χ3v) is 7.42. The van der Waals surface area contributed by atoms with Crippen molar-refractivity contribution in [3.05, 3.63) is 35.4 Å². The first-order valence-corrected chi connectivity index (χ1v) is 12.7. The van der Waals surface area contributed by atoms with E-state index in [9.17, 15) is 8.42 Å². The second kappa shape index (κ2) is 15.0. The van der Waals surface area contributed by atoms with Gasteiger partial charge < -0.3 is 15.4 Å². The van der Waals surface area contributed by atoms with Crippen molar-refractivity contribution < 1.29 is 13.2 Å². The Morgan fingerprint density at radius 2 is 1.84 bits per heavy atom. The molecule has 2 rings (SSSR count). The molecule has 0 saturated carbocycles. The smallest absolute Gasteiger partial charge is 0.218 e. The summed E-state index contributed by atoms with van der Waals surface area (Å²) in [7, 11) is -1.60. The third kappa shape index (κ3) is 9.63. The lowest BCUT2D eigenvalue weighted by Crippen LogP contribution is -2.41. The van der Waals surface area contributed by atoms with Gasteiger partial charge in [-0.25, -0.2) is 8.42 Å². The summed E-state index contributed by atoms with van der Waals surface area (Å²) in [5, 5.41) is 6.75. The van der Waals surface area contributed by atoms with Gasteiger partial charge >= 0.3 is 0 Å². The van der Waals surface area contributed by atoms with Crippen molar-refractivity contribution in [2.45, 2.75) is 51.8 Å². The summed E-state index contributed by atoms with van der Waals surface area (Å²) < 4.78 is 32.4. The minimum Gasteiger partial charge on any atom is -0.379 e. The molecule has 1 heterocycles. The molecule has 0 aromatic heterocycles. The highest BCUT2D eigenvalue weighted by atomic mass is 127. The van der Waals surface area contributed by atoms with Crippen LogP contribution in [0.4, 0.5) is 0 Å². The molecule has 0 aliphatic carbocycles. The van der Waals surface area contributed by atoms with Crippen molar-refractivity contribution in [3.8, 4) is 0 Å². The number of hydrogen-bond donors (Lipinski definition) is 2. The van der Waals surface area contributed by atoms with Gasteiger partial charge in [-0.3, -0.25) is 4.99 Å². The highest BCUT2D eigenvalue weighted by Gasteiger charge is 2.25. The van der Waals surface area contributed by atoms with Gasteiger partial charge in [0.2, 0.25) is 10.0 Å². The quantitative estimate of drug-likeness (QED) is 0.244. The number of morpholine rings is 1. The highest BCUT2D eigenvalue weighted by Crippen LogP contribution is 2.17. The number of aliphatic imine (C=N–C) groups is 1. The van der Waals surface area contributed by atoms with E-state index in [1.807, 2.05) is 24.3 Å². The Kier molecular flexibility index (Phi) is 13.6. The predicted molar refractivity (Wildman–Crippen MR) is 138 cm³/mol. The summed E-state index contributed by atoms with van der Waals surface area (Å²) in [4.78, 5) is 4.32. The topological polar surface area (TPSA) is 83.0 Å². The number of hydrogen-bond acceptors (Lipinski definition) is 4. The Hall–Kier alpha value is -0.910. The first kappa shape index (κ1) is 28.1. The largest absolute Gasteiger partial charge is 0.379 e. The Balaban J connectivity index is 0.00000480. The van der Waals surface area contributed by atoms with Crippen molar-refractivity contribution in [1.29, 1.82) is 0 Å². The summed E-state index contributed by atoms with van der Waals surface area (Å²) in [6.45, 7) is 7.64. The summed E-state index contributed by atoms with van der Waals surface area (Å²) >= 11 is 0. The minimum absolute atomic E-state index is 0. The molecule has 1 aromatic rings. The molecule has 1 atom stereocenters. The number of rotatable bonds is 11. The molecule has 1 aliphatic heterocycles. The molecular weight excluding hydrogens is 527 g/mol. The number of halogens is 1. The van der Waals surface area contributed by atoms with Crippen LogP contribution < -0.4 is 10.6 Å². The Bertz CT molecular complexity index is 768. The van der Waals surface area contributed by atoms with Crippen LogP contribution in [0.2, 0.25) is 0 Å². The maximum absolute atomic E-state index is 12.8. The lowest BCUT2D eigenvalue weighted by atomic mass is 9.99. The highest BCUT2D eigenvalue weighted by molar-refractivity contribution is 14.0. The van der Waals surface area contributed by atoms with E-state index < -0.39 is 10.0 Å². The van der Waals surface area contributed by atoms with E-state index in [1.54, 1.807) is 7.05 Å². The van der Waals surface area contributed by atoms with Gasteiger partial charge in [0.05, 0.1) is 19.0 Å². The molecule has 2 N–H and O–H groups in total. The second-order valence-corrected chi connectivity index (χ2v) is 9.73. The molecule has 178 valence electrons. The van der Waals surface area contributed by atoms with E-state index in [0.29, 0.717) is 38.8 Å². The van der Waals surface area contributed by atoms with Crippen molar-refractivity contribution in [2.75, 3.05) is 39.9 Å². The van der Waals surface area contributed by atoms with E-state index >= 15 is 0 Å². The Morgan fingerprint density at radius 3 is 2.45 bits per heavy atom. The van der Waals surface area contributed by atoms with E-state index in [0.717, 1.165) is 30.1 Å². The molecule has 9 heteroatoms. The van der Waals surface area contributed by atoms with Crippen LogP contribution in [0.1, 0.15) is 50.7 Å². The van der Waals surface area contributed by atoms with Gasteiger partial charge in [-0.05, 0) is 23.5 Å². The molecule has 1 fully saturated rings. The van der Waals surface area contributed by atoms with Gasteiger partial charge in [0.25, 0.3) is 0 Å². The van der Waals surface area contributed by atoms with E-state index in [1.165, 1.54) is 23.6 Å². The average Bonchev–Trinajstić information content (AvgIpc) is 2.77. The zero-order valence-corrected chi connectivity index (χ0v) is 22.2. The van der Waals surface area contributed by atoms with Crippen LogP contribution in [-0.4, -0.2) is 58.6 Å². The molecule has 1 aromatic carbocycles. The molecule has 1 aliphatic rings. The lowest BCUT2D eigenvalue weighted by molar-refractivity contribution is 0.0729. The van der Waals surface area contributed by atoms with Crippen molar-refractivity contribution in [2.24, 2.45) is 10.9 Å². The van der Waals surface area contributed by atoms with Crippen LogP contribution in [0.3, 0.4) is 0 Å². The average molecular weight is 567 g/mol. The third-order valence-electron chi connectivity index (χ3n) is 5.59. The molecule has 1 unspecified atom stereocenters. The summed E-state index contributed by atoms with van der Waals surface area (Å²) in [6, 6.07) is 7.69. The first-order chi connectivity index (χ1) is 14.5. The van der Waals surface area contributed by atoms with Crippen LogP contribution in [0.5, 0.6) is 0 Å². The number of benzene rings is 1. The molecule has 0 bridgehead atoms. The van der Waals surface area contributed by atoms with E-state index in [-0.39, 0.29) is 29.7 Å². The predicted octanol–water partition coefficient (Wildman–Crippen LogP) is 3.35. The van der Waals surface area contributed by atoms with Crippen LogP contribution in [-0.2, 0) is 27.1 Å². The Morgan fingerprint density at radius 1 is 1.16 bits per heavy atom. The monoisotopic (exact) mass is 566 g/mol. The summed E-state index contributed by atoms with van der Waals surface area (Å²) in [5.74, 6) is 1.39. The van der Waals surface area contributed by atoms with Gasteiger partial charge in [-0.15, -0.1) is 24.0 Å². The van der Waals surface area contributed by atoms with Gasteiger partial charge in [-0.2, -0.15) is 4.31 Å². The van der Waals surface area contributed by atoms with E-state index in [4.69, 9.17) is 4.74 Å². The second-order valence-electron chi connectivity index (χ2n) is 7.76. The zero-order chi connectivity index (χ0) is 21.8. The van der Waals surface area contributed by atoms with Gasteiger partial charge in [0.15, 0.2) is 5.96 Å². The van der Waals surface area contributed by atoms with Gasteiger partial charge in [-0.1, -0.05) is 57.4 Å². The SMILES string of the molecule is CCCCC(CC)CNC(=NC)NCc1ccccc1CS(=O)(=O)N1CCOCC1.I. The molecule has 0 radical (unpaired) electrons. The molecule has 31 heavy (non-hydrogen) atoms. The summed E-state index contributed by atoms with van der Waals surface area (Å²) in [6.07, 6.45) is 4.83. The maximum atomic E-state index is 12.8. The number of nitrogens with zero attached hydrogens (tertiary/aromatic N) is 2. The van der Waals surface area contributed by atoms with Crippen molar-refractivity contribution in [3.63, 3.8) is 0 Å². The molecule has 0 amide bonds. The standard InChI is InChI=1S/C22H38N4O3S.HI/c1-4-6-9-19(5-2)16-24-22(23-3)25-17-20-10-7-8-11-21(20)18-30(27,28)26-12-14-29-15-13-26;/h7-8,10-11,19H,4-6,9,12-18H2,1-3H3,(H2,23,24,25);1H. The van der Waals surface area contributed by atoms with Crippen LogP contribution in [0.25, 0.3) is 0 Å². The minimum atomic E-state index is -3.36. The molecule has 7 nitrogen and oxygen atoms in total. The van der Waals surface area contributed by atoms with Gasteiger partial charge in [0, 0.05) is 33.2 Å². The van der Waals surface area contributed by atoms with Crippen LogP contribution in [0.15, 0.2) is 29.3 Å². The number of guanidine groups is 1. The maximum Gasteiger partial charge on any atom is 0.218 e. The molecule has 0 spiro atoms. The number of unbranched alkanes of at least 4 members (excludes halogenated alkanes) is 1. The molecular formula is C22H39IN4O3S. The Labute approximate surface area is 205 Å². The van der Waals surface area contributed by atoms with Crippen molar-refractivity contribution in [1.82, 2.24) is 14.9 Å². The fourth-order valence-electron chi connectivity index (χ4n) is 3.57. The van der Waals surface area contributed by atoms with Crippen molar-refractivity contribution >= 4 is 40.0 Å². The zero-order valence-electron chi connectivity index (χ0n) is 19.1. The van der Waals surface area contributed by atoms with Crippen LogP contribution in [0, 0.1) is 5.92 Å². The van der Waals surface area contributed by atoms with Gasteiger partial charge in [0.1, 0.15) is 0 Å². The summed E-state index contributed by atoms with van der Waals surface area (Å²) in [5.41, 5.74) is 1.79. The number of sulfonamides is 1. The lowest BCUT2D eigenvalue weighted by Gasteiger charge is -2.26. The normalized spacial score (nSPS) is 16.4. The fraction of sp³-hybridized carbons (Fsp3) is 0.682. The van der Waals surface area contributed by atoms with Crippen LogP contribution >= 0.6 is 24.0 Å².